The second kappa shape index (κ2) is 14.1. The van der Waals surface area contributed by atoms with Crippen LogP contribution in [0.1, 0.15) is 27.2 Å². The van der Waals surface area contributed by atoms with Gasteiger partial charge in [-0.05, 0) is 0 Å². The van der Waals surface area contributed by atoms with Crippen LogP contribution >= 0.6 is 10.0 Å². The molecule has 0 bridgehead atoms. The average Bonchev–Trinajstić information content (AvgIpc) is 2.27. The Hall–Kier alpha value is 1.73. The van der Waals surface area contributed by atoms with Gasteiger partial charge in [-0.2, -0.15) is 0 Å². The molecule has 90 valence electrons. The van der Waals surface area contributed by atoms with Gasteiger partial charge < -0.3 is 0 Å². The van der Waals surface area contributed by atoms with Crippen LogP contribution in [0.25, 0.3) is 5.32 Å². The van der Waals surface area contributed by atoms with Gasteiger partial charge in [-0.15, -0.1) is 0 Å². The fourth-order valence-corrected chi connectivity index (χ4v) is 8.17. The van der Waals surface area contributed by atoms with E-state index in [1.165, 1.54) is 22.2 Å². The third kappa shape index (κ3) is 11.3. The Morgan fingerprint density at radius 2 is 1.76 bits per heavy atom. The first-order chi connectivity index (χ1) is 7.11. The second-order valence-corrected chi connectivity index (χ2v) is 17.0. The Morgan fingerprint density at radius 1 is 1.24 bits per heavy atom. The number of nitrogens with zero attached hydrogens (tertiary/aromatic N) is 1. The maximum absolute atomic E-state index is 6.71. The minimum absolute atomic E-state index is 0. The Balaban J connectivity index is -0.000000980. The monoisotopic (exact) mass is 305 g/mol. The molecule has 0 saturated carbocycles. The van der Waals surface area contributed by atoms with E-state index in [9.17, 15) is 0 Å². The Morgan fingerprint density at radius 3 is 2.12 bits per heavy atom. The topological polar surface area (TPSA) is 14.1 Å². The number of rotatable bonds is 9. The average molecular weight is 304 g/mol. The second-order valence-electron chi connectivity index (χ2n) is 4.16. The van der Waals surface area contributed by atoms with Crippen LogP contribution in [-0.2, 0) is 0 Å². The Labute approximate surface area is 139 Å². The van der Waals surface area contributed by atoms with E-state index in [1.807, 2.05) is 0 Å². The summed E-state index contributed by atoms with van der Waals surface area (Å²) in [4.78, 5) is 0. The first-order valence-electron chi connectivity index (χ1n) is 5.97. The van der Waals surface area contributed by atoms with Crippen molar-refractivity contribution in [2.45, 2.75) is 43.0 Å². The molecule has 0 aromatic rings. The van der Waals surface area contributed by atoms with Crippen molar-refractivity contribution in [1.29, 1.82) is 0 Å². The minimum Gasteiger partial charge on any atom is 1.00 e. The van der Waals surface area contributed by atoms with Gasteiger partial charge >= 0.3 is 140 Å². The van der Waals surface area contributed by atoms with E-state index in [0.717, 1.165) is 6.54 Å². The number of halogens is 1. The van der Waals surface area contributed by atoms with Crippen molar-refractivity contribution in [3.63, 3.8) is 0 Å². The molecule has 0 N–H and O–H groups in total. The van der Waals surface area contributed by atoms with Gasteiger partial charge in [0.05, 0.1) is 0 Å². The molecule has 0 aromatic heterocycles. The summed E-state index contributed by atoms with van der Waals surface area (Å²) in [6, 6.07) is 0. The number of hydrogen-bond acceptors (Lipinski definition) is 0. The van der Waals surface area contributed by atoms with Crippen molar-refractivity contribution < 1.29 is 37.7 Å². The largest absolute Gasteiger partial charge is 1.00 e. The normalized spacial score (nSPS) is 12.2. The predicted molar refractivity (Wildman–Crippen MR) is 73.1 cm³/mol. The molecule has 0 rings (SSSR count). The fourth-order valence-electron chi connectivity index (χ4n) is 1.73. The smallest absolute Gasteiger partial charge is 1.00 e. The molecular formula is C12H24ClGeLi2N. The molecule has 0 fully saturated rings. The number of hydrogen-bond donors (Lipinski definition) is 0. The van der Waals surface area contributed by atoms with Crippen molar-refractivity contribution in [1.82, 2.24) is 0 Å². The van der Waals surface area contributed by atoms with E-state index in [4.69, 9.17) is 16.6 Å². The molecule has 0 aliphatic heterocycles. The fraction of sp³-hybridized carbons (Fsp3) is 0.833. The van der Waals surface area contributed by atoms with E-state index in [-0.39, 0.29) is 37.7 Å². The SMILES string of the molecule is [CH-]=CC[N-]CC(CC)[CH2][Ge]([Cl])([CH2]C)[CH2]C.[Li+].[Li+]. The summed E-state index contributed by atoms with van der Waals surface area (Å²) in [7, 11) is 6.71. The van der Waals surface area contributed by atoms with E-state index in [2.05, 4.69) is 26.1 Å². The summed E-state index contributed by atoms with van der Waals surface area (Å²) in [5.74, 6) is 0.683. The summed E-state index contributed by atoms with van der Waals surface area (Å²) in [5, 5.41) is 8.09. The van der Waals surface area contributed by atoms with Crippen LogP contribution < -0.4 is 37.7 Å². The third-order valence-corrected chi connectivity index (χ3v) is 14.8. The van der Waals surface area contributed by atoms with Crippen molar-refractivity contribution in [2.24, 2.45) is 5.92 Å². The molecule has 0 radical (unpaired) electrons. The van der Waals surface area contributed by atoms with Crippen molar-refractivity contribution >= 4 is 22.3 Å². The van der Waals surface area contributed by atoms with Crippen LogP contribution in [0.3, 0.4) is 0 Å². The molecule has 0 heterocycles. The van der Waals surface area contributed by atoms with Gasteiger partial charge in [0, 0.05) is 0 Å². The maximum atomic E-state index is 6.71. The van der Waals surface area contributed by atoms with Gasteiger partial charge in [0.2, 0.25) is 0 Å². The van der Waals surface area contributed by atoms with E-state index in [1.54, 1.807) is 6.08 Å². The summed E-state index contributed by atoms with van der Waals surface area (Å²) in [6.45, 7) is 13.6. The van der Waals surface area contributed by atoms with Gasteiger partial charge in [0.15, 0.2) is 0 Å². The molecule has 1 nitrogen and oxygen atoms in total. The first-order valence-corrected chi connectivity index (χ1v) is 13.2. The molecule has 0 aliphatic rings. The molecule has 17 heavy (non-hydrogen) atoms. The van der Waals surface area contributed by atoms with Crippen molar-refractivity contribution in [3.05, 3.63) is 18.0 Å². The molecule has 1 atom stereocenters. The zero-order chi connectivity index (χ0) is 11.7. The zero-order valence-corrected chi connectivity index (χ0v) is 15.2. The third-order valence-electron chi connectivity index (χ3n) is 3.12. The van der Waals surface area contributed by atoms with Gasteiger partial charge in [-0.1, -0.05) is 0 Å². The van der Waals surface area contributed by atoms with E-state index >= 15 is 0 Å². The quantitative estimate of drug-likeness (QED) is 0.283. The van der Waals surface area contributed by atoms with Gasteiger partial charge in [-0.3, -0.25) is 0 Å². The van der Waals surface area contributed by atoms with E-state index in [0.29, 0.717) is 12.5 Å². The van der Waals surface area contributed by atoms with Crippen LogP contribution in [0.5, 0.6) is 0 Å². The molecule has 0 aliphatic carbocycles. The summed E-state index contributed by atoms with van der Waals surface area (Å²) >= 11 is -1.98. The minimum atomic E-state index is -1.98. The van der Waals surface area contributed by atoms with Crippen molar-refractivity contribution in [2.75, 3.05) is 13.1 Å². The molecule has 0 aromatic carbocycles. The zero-order valence-electron chi connectivity index (χ0n) is 12.3. The van der Waals surface area contributed by atoms with Crippen LogP contribution in [0.15, 0.2) is 6.08 Å². The van der Waals surface area contributed by atoms with Gasteiger partial charge in [-0.25, -0.2) is 0 Å². The van der Waals surface area contributed by atoms with Crippen LogP contribution in [-0.4, -0.2) is 25.4 Å². The van der Waals surface area contributed by atoms with Crippen molar-refractivity contribution in [3.8, 4) is 0 Å². The molecule has 5 heteroatoms. The van der Waals surface area contributed by atoms with Crippen LogP contribution in [0.4, 0.5) is 0 Å². The predicted octanol–water partition coefficient (Wildman–Crippen LogP) is -1.39. The van der Waals surface area contributed by atoms with Crippen LogP contribution in [0.2, 0.25) is 15.8 Å². The molecule has 0 amide bonds. The van der Waals surface area contributed by atoms with E-state index < -0.39 is 12.3 Å². The molecule has 0 spiro atoms. The summed E-state index contributed by atoms with van der Waals surface area (Å²) < 4.78 is 0. The Bertz CT molecular complexity index is 178. The summed E-state index contributed by atoms with van der Waals surface area (Å²) in [5.41, 5.74) is 0. The van der Waals surface area contributed by atoms with Gasteiger partial charge in [0.1, 0.15) is 0 Å². The molecule has 0 saturated heterocycles. The molecular weight excluding hydrogens is 280 g/mol. The van der Waals surface area contributed by atoms with Crippen LogP contribution in [0, 0.1) is 12.5 Å². The Kier molecular flexibility index (Phi) is 19.8. The maximum Gasteiger partial charge on any atom is 1.00 e. The van der Waals surface area contributed by atoms with Gasteiger partial charge in [0.25, 0.3) is 0 Å². The molecule has 1 unspecified atom stereocenters. The standard InChI is InChI=1S/C12H24ClGeN.2Li/c1-5-9-15-11-12(6-2)10-14(13,7-3)8-4;;/h1,5,12H,6-11H2,2-4H3;;/q-2;2*+1. The summed E-state index contributed by atoms with van der Waals surface area (Å²) in [6.07, 6.45) is 2.80. The first kappa shape index (κ1) is 23.8.